The number of nitrogens with one attached hydrogen (secondary N) is 2. The highest BCUT2D eigenvalue weighted by molar-refractivity contribution is 7.18. The zero-order valence-electron chi connectivity index (χ0n) is 16.8. The van der Waals surface area contributed by atoms with Gasteiger partial charge in [-0.1, -0.05) is 23.2 Å². The van der Waals surface area contributed by atoms with Gasteiger partial charge in [0.1, 0.15) is 5.82 Å². The van der Waals surface area contributed by atoms with Crippen LogP contribution < -0.4 is 20.1 Å². The number of aryl methyl sites for hydroxylation is 1. The smallest absolute Gasteiger partial charge is 0.266 e. The molecule has 0 saturated heterocycles. The van der Waals surface area contributed by atoms with Crippen molar-refractivity contribution in [1.29, 1.82) is 0 Å². The molecular weight excluding hydrogens is 478 g/mol. The summed E-state index contributed by atoms with van der Waals surface area (Å²) in [6, 6.07) is 8.42. The molecule has 4 rings (SSSR count). The second kappa shape index (κ2) is 9.36. The van der Waals surface area contributed by atoms with Crippen molar-refractivity contribution in [2.45, 2.75) is 13.3 Å². The fourth-order valence-corrected chi connectivity index (χ4v) is 4.50. The van der Waals surface area contributed by atoms with Gasteiger partial charge in [-0.2, -0.15) is 0 Å². The molecule has 0 unspecified atom stereocenters. The number of carbonyl (C=O) groups excluding carboxylic acids is 2. The highest BCUT2D eigenvalue weighted by atomic mass is 35.5. The molecule has 3 aromatic rings. The van der Waals surface area contributed by atoms with Crippen LogP contribution >= 0.6 is 34.5 Å². The first kappa shape index (κ1) is 22.4. The minimum atomic E-state index is -0.536. The van der Waals surface area contributed by atoms with Gasteiger partial charge in [-0.05, 0) is 36.8 Å². The zero-order chi connectivity index (χ0) is 22.8. The molecular formula is C22H17Cl2FN2O4S. The minimum absolute atomic E-state index is 0.00204. The molecule has 166 valence electrons. The van der Waals surface area contributed by atoms with E-state index in [2.05, 4.69) is 10.6 Å². The summed E-state index contributed by atoms with van der Waals surface area (Å²) in [6.45, 7) is 2.79. The second-order valence-electron chi connectivity index (χ2n) is 6.98. The highest BCUT2D eigenvalue weighted by Gasteiger charge is 2.20. The lowest BCUT2D eigenvalue weighted by Crippen LogP contribution is -2.12. The van der Waals surface area contributed by atoms with Crippen molar-refractivity contribution in [2.75, 3.05) is 23.8 Å². The number of rotatable bonds is 4. The molecule has 2 amide bonds. The van der Waals surface area contributed by atoms with Gasteiger partial charge in [-0.15, -0.1) is 11.3 Å². The van der Waals surface area contributed by atoms with Crippen molar-refractivity contribution in [3.63, 3.8) is 0 Å². The molecule has 6 nitrogen and oxygen atoms in total. The highest BCUT2D eigenvalue weighted by Crippen LogP contribution is 2.38. The molecule has 1 aliphatic rings. The summed E-state index contributed by atoms with van der Waals surface area (Å²) in [4.78, 5) is 25.8. The van der Waals surface area contributed by atoms with Crippen molar-refractivity contribution >= 4 is 57.0 Å². The van der Waals surface area contributed by atoms with E-state index in [-0.39, 0.29) is 16.5 Å². The fourth-order valence-electron chi connectivity index (χ4n) is 3.08. The predicted octanol–water partition coefficient (Wildman–Crippen LogP) is 6.17. The Bertz CT molecular complexity index is 1210. The molecule has 32 heavy (non-hydrogen) atoms. The van der Waals surface area contributed by atoms with Crippen LogP contribution in [0.5, 0.6) is 11.5 Å². The Hall–Kier alpha value is -2.81. The molecule has 1 aromatic heterocycles. The molecule has 10 heteroatoms. The Balaban J connectivity index is 1.51. The summed E-state index contributed by atoms with van der Waals surface area (Å²) in [5.74, 6) is -0.388. The Morgan fingerprint density at radius 1 is 0.969 bits per heavy atom. The number of hydrogen-bond donors (Lipinski definition) is 2. The van der Waals surface area contributed by atoms with Gasteiger partial charge in [0.2, 0.25) is 0 Å². The first-order valence-corrected chi connectivity index (χ1v) is 11.2. The normalized spacial score (nSPS) is 12.8. The number of hydrogen-bond acceptors (Lipinski definition) is 5. The number of benzene rings is 2. The molecule has 0 bridgehead atoms. The van der Waals surface area contributed by atoms with E-state index >= 15 is 0 Å². The third-order valence-electron chi connectivity index (χ3n) is 4.62. The Kier molecular flexibility index (Phi) is 6.55. The molecule has 0 aliphatic carbocycles. The van der Waals surface area contributed by atoms with Gasteiger partial charge in [-0.3, -0.25) is 9.59 Å². The van der Waals surface area contributed by atoms with Crippen molar-refractivity contribution in [1.82, 2.24) is 0 Å². The van der Waals surface area contributed by atoms with Crippen molar-refractivity contribution in [3.8, 4) is 11.5 Å². The number of anilines is 2. The number of carbonyl (C=O) groups is 2. The van der Waals surface area contributed by atoms with Crippen LogP contribution in [0.1, 0.15) is 32.0 Å². The van der Waals surface area contributed by atoms with Gasteiger partial charge in [0, 0.05) is 18.6 Å². The van der Waals surface area contributed by atoms with Gasteiger partial charge >= 0.3 is 0 Å². The zero-order valence-corrected chi connectivity index (χ0v) is 19.1. The summed E-state index contributed by atoms with van der Waals surface area (Å²) in [6.07, 6.45) is 0.750. The molecule has 0 radical (unpaired) electrons. The van der Waals surface area contributed by atoms with Crippen molar-refractivity contribution in [3.05, 3.63) is 68.3 Å². The predicted molar refractivity (Wildman–Crippen MR) is 123 cm³/mol. The SMILES string of the molecule is Cc1cc(NC(=O)c2ccc(F)cc2Cl)sc1C(=O)Nc1cc2c(cc1Cl)OCCCO2. The molecule has 0 atom stereocenters. The van der Waals surface area contributed by atoms with Crippen LogP contribution in [0, 0.1) is 12.7 Å². The molecule has 0 spiro atoms. The maximum Gasteiger partial charge on any atom is 0.266 e. The van der Waals surface area contributed by atoms with Crippen molar-refractivity contribution < 1.29 is 23.5 Å². The van der Waals surface area contributed by atoms with E-state index in [9.17, 15) is 14.0 Å². The van der Waals surface area contributed by atoms with Gasteiger partial charge in [0.15, 0.2) is 11.5 Å². The third-order valence-corrected chi connectivity index (χ3v) is 6.40. The summed E-state index contributed by atoms with van der Waals surface area (Å²) < 4.78 is 24.5. The van der Waals surface area contributed by atoms with Gasteiger partial charge in [-0.25, -0.2) is 4.39 Å². The number of fused-ring (bicyclic) bond motifs is 1. The molecule has 1 aliphatic heterocycles. The van der Waals surface area contributed by atoms with Gasteiger partial charge < -0.3 is 20.1 Å². The molecule has 2 heterocycles. The van der Waals surface area contributed by atoms with Gasteiger partial charge in [0.05, 0.1) is 44.4 Å². The third kappa shape index (κ3) is 4.82. The Morgan fingerprint density at radius 3 is 2.41 bits per heavy atom. The molecule has 0 saturated carbocycles. The summed E-state index contributed by atoms with van der Waals surface area (Å²) in [7, 11) is 0. The number of halogens is 3. The second-order valence-corrected chi connectivity index (χ2v) is 8.85. The van der Waals surface area contributed by atoms with Crippen LogP contribution in [0.4, 0.5) is 15.1 Å². The number of thiophene rings is 1. The lowest BCUT2D eigenvalue weighted by Gasteiger charge is -2.12. The van der Waals surface area contributed by atoms with Crippen LogP contribution in [0.2, 0.25) is 10.0 Å². The molecule has 2 N–H and O–H groups in total. The van der Waals surface area contributed by atoms with Crippen LogP contribution in [-0.2, 0) is 0 Å². The maximum absolute atomic E-state index is 13.2. The van der Waals surface area contributed by atoms with E-state index in [1.807, 2.05) is 0 Å². The van der Waals surface area contributed by atoms with Gasteiger partial charge in [0.25, 0.3) is 11.8 Å². The fraction of sp³-hybridized carbons (Fsp3) is 0.182. The topological polar surface area (TPSA) is 76.7 Å². The average Bonchev–Trinajstić information content (AvgIpc) is 2.95. The average molecular weight is 495 g/mol. The Labute approximate surface area is 197 Å². The summed E-state index contributed by atoms with van der Waals surface area (Å²) in [5.41, 5.74) is 1.18. The van der Waals surface area contributed by atoms with E-state index in [1.54, 1.807) is 25.1 Å². The van der Waals surface area contributed by atoms with E-state index in [0.29, 0.717) is 50.9 Å². The first-order valence-electron chi connectivity index (χ1n) is 9.59. The van der Waals surface area contributed by atoms with E-state index in [1.165, 1.54) is 6.07 Å². The van der Waals surface area contributed by atoms with Crippen LogP contribution in [0.15, 0.2) is 36.4 Å². The number of ether oxygens (including phenoxy) is 2. The first-order chi connectivity index (χ1) is 15.3. The maximum atomic E-state index is 13.2. The van der Waals surface area contributed by atoms with Crippen molar-refractivity contribution in [2.24, 2.45) is 0 Å². The Morgan fingerprint density at radius 2 is 1.69 bits per heavy atom. The van der Waals surface area contributed by atoms with E-state index < -0.39 is 11.7 Å². The lowest BCUT2D eigenvalue weighted by atomic mass is 10.2. The standard InChI is InChI=1S/C22H17Cl2FN2O4S/c1-11-7-19(27-21(28)13-4-3-12(25)8-14(13)23)32-20(11)22(29)26-16-10-18-17(9-15(16)24)30-5-2-6-31-18/h3-4,7-10H,2,5-6H2,1H3,(H,26,29)(H,27,28). The molecule has 0 fully saturated rings. The summed E-state index contributed by atoms with van der Waals surface area (Å²) in [5, 5.41) is 6.23. The lowest BCUT2D eigenvalue weighted by molar-refractivity contribution is 0.102. The quantitative estimate of drug-likeness (QED) is 0.454. The van der Waals surface area contributed by atoms with E-state index in [0.717, 1.165) is 29.9 Å². The largest absolute Gasteiger partial charge is 0.490 e. The van der Waals surface area contributed by atoms with E-state index in [4.69, 9.17) is 32.7 Å². The monoisotopic (exact) mass is 494 g/mol. The number of amides is 2. The van der Waals surface area contributed by atoms with Crippen LogP contribution in [0.3, 0.4) is 0 Å². The summed E-state index contributed by atoms with van der Waals surface area (Å²) >= 11 is 13.4. The van der Waals surface area contributed by atoms with Crippen LogP contribution in [0.25, 0.3) is 0 Å². The minimum Gasteiger partial charge on any atom is -0.490 e. The van der Waals surface area contributed by atoms with Crippen LogP contribution in [-0.4, -0.2) is 25.0 Å². The molecule has 2 aromatic carbocycles.